The number of hydrogen-bond acceptors (Lipinski definition) is 5. The van der Waals surface area contributed by atoms with Gasteiger partial charge in [0.05, 0.1) is 4.92 Å². The molecule has 0 saturated heterocycles. The number of anilines is 1. The molecule has 0 spiro atoms. The molecule has 0 saturated carbocycles. The lowest BCUT2D eigenvalue weighted by Crippen LogP contribution is -2.14. The van der Waals surface area contributed by atoms with E-state index in [1.54, 1.807) is 37.3 Å². The van der Waals surface area contributed by atoms with Crippen LogP contribution in [0.2, 0.25) is 0 Å². The largest absolute Gasteiger partial charge is 0.436 e. The number of aromatic nitrogens is 1. The fourth-order valence-corrected chi connectivity index (χ4v) is 3.28. The number of carbonyl (C=O) groups excluding carboxylic acids is 1. The molecule has 1 N–H and O–H groups in total. The Kier molecular flexibility index (Phi) is 5.02. The molecule has 30 heavy (non-hydrogen) atoms. The summed E-state index contributed by atoms with van der Waals surface area (Å²) in [6, 6.07) is 17.5. The van der Waals surface area contributed by atoms with E-state index >= 15 is 0 Å². The average Bonchev–Trinajstić information content (AvgIpc) is 3.17. The Balaban J connectivity index is 1.55. The van der Waals surface area contributed by atoms with Crippen LogP contribution >= 0.6 is 0 Å². The van der Waals surface area contributed by atoms with Gasteiger partial charge in [0.25, 0.3) is 11.6 Å². The third-order valence-corrected chi connectivity index (χ3v) is 5.00. The maximum Gasteiger partial charge on any atom is 0.273 e. The van der Waals surface area contributed by atoms with Gasteiger partial charge in [0.1, 0.15) is 5.52 Å². The SMILES string of the molecule is CCc1ccc2oc(-c3ccc(NC(=O)c4cccc([N+](=O)[O-])c4C)cc3)nc2c1. The summed E-state index contributed by atoms with van der Waals surface area (Å²) in [7, 11) is 0. The first-order valence-electron chi connectivity index (χ1n) is 9.51. The van der Waals surface area contributed by atoms with Crippen LogP contribution in [0.1, 0.15) is 28.4 Å². The molecule has 0 bridgehead atoms. The summed E-state index contributed by atoms with van der Waals surface area (Å²) < 4.78 is 5.83. The summed E-state index contributed by atoms with van der Waals surface area (Å²) in [6.07, 6.45) is 0.927. The molecule has 3 aromatic carbocycles. The molecule has 1 heterocycles. The van der Waals surface area contributed by atoms with Crippen LogP contribution < -0.4 is 5.32 Å². The van der Waals surface area contributed by atoms with Crippen molar-refractivity contribution in [1.29, 1.82) is 0 Å². The van der Waals surface area contributed by atoms with E-state index in [-0.39, 0.29) is 11.3 Å². The van der Waals surface area contributed by atoms with Crippen LogP contribution in [-0.2, 0) is 6.42 Å². The van der Waals surface area contributed by atoms with Crippen molar-refractivity contribution in [3.05, 3.63) is 87.5 Å². The van der Waals surface area contributed by atoms with Crippen LogP contribution in [0.15, 0.2) is 65.1 Å². The molecule has 0 aliphatic heterocycles. The zero-order valence-electron chi connectivity index (χ0n) is 16.5. The number of carbonyl (C=O) groups is 1. The van der Waals surface area contributed by atoms with E-state index in [2.05, 4.69) is 17.2 Å². The maximum absolute atomic E-state index is 12.6. The number of nitro benzene ring substituents is 1. The highest BCUT2D eigenvalue weighted by Crippen LogP contribution is 2.27. The maximum atomic E-state index is 12.6. The van der Waals surface area contributed by atoms with Crippen molar-refractivity contribution in [2.75, 3.05) is 5.32 Å². The van der Waals surface area contributed by atoms with Gasteiger partial charge in [-0.3, -0.25) is 14.9 Å². The Morgan fingerprint density at radius 2 is 1.90 bits per heavy atom. The normalized spacial score (nSPS) is 10.9. The highest BCUT2D eigenvalue weighted by Gasteiger charge is 2.18. The number of aryl methyl sites for hydroxylation is 1. The van der Waals surface area contributed by atoms with Gasteiger partial charge in [-0.2, -0.15) is 0 Å². The number of fused-ring (bicyclic) bond motifs is 1. The van der Waals surface area contributed by atoms with E-state index in [1.807, 2.05) is 18.2 Å². The van der Waals surface area contributed by atoms with Crippen molar-refractivity contribution >= 4 is 28.4 Å². The number of hydrogen-bond donors (Lipinski definition) is 1. The lowest BCUT2D eigenvalue weighted by atomic mass is 10.1. The predicted octanol–water partition coefficient (Wildman–Crippen LogP) is 5.53. The molecule has 1 aromatic heterocycles. The second-order valence-electron chi connectivity index (χ2n) is 6.91. The number of rotatable bonds is 5. The zero-order valence-corrected chi connectivity index (χ0v) is 16.5. The molecule has 4 rings (SSSR count). The number of oxazole rings is 1. The molecule has 150 valence electrons. The minimum absolute atomic E-state index is 0.0832. The summed E-state index contributed by atoms with van der Waals surface area (Å²) in [6.45, 7) is 3.65. The van der Waals surface area contributed by atoms with E-state index in [9.17, 15) is 14.9 Å². The minimum Gasteiger partial charge on any atom is -0.436 e. The molecule has 4 aromatic rings. The van der Waals surface area contributed by atoms with Crippen LogP contribution in [0.25, 0.3) is 22.6 Å². The van der Waals surface area contributed by atoms with Gasteiger partial charge in [0, 0.05) is 28.4 Å². The monoisotopic (exact) mass is 401 g/mol. The lowest BCUT2D eigenvalue weighted by molar-refractivity contribution is -0.385. The van der Waals surface area contributed by atoms with Crippen LogP contribution in [-0.4, -0.2) is 15.8 Å². The Morgan fingerprint density at radius 1 is 1.13 bits per heavy atom. The van der Waals surface area contributed by atoms with Crippen LogP contribution in [0.5, 0.6) is 0 Å². The van der Waals surface area contributed by atoms with Crippen molar-refractivity contribution in [2.24, 2.45) is 0 Å². The van der Waals surface area contributed by atoms with E-state index in [0.29, 0.717) is 17.1 Å². The first-order valence-corrected chi connectivity index (χ1v) is 9.51. The Labute approximate surface area is 172 Å². The summed E-state index contributed by atoms with van der Waals surface area (Å²) in [5.41, 5.74) is 4.59. The van der Waals surface area contributed by atoms with Gasteiger partial charge in [-0.15, -0.1) is 0 Å². The topological polar surface area (TPSA) is 98.3 Å². The second-order valence-corrected chi connectivity index (χ2v) is 6.91. The molecule has 1 amide bonds. The molecule has 7 heteroatoms. The lowest BCUT2D eigenvalue weighted by Gasteiger charge is -2.08. The summed E-state index contributed by atoms with van der Waals surface area (Å²) in [5, 5.41) is 13.9. The first-order chi connectivity index (χ1) is 14.5. The highest BCUT2D eigenvalue weighted by molar-refractivity contribution is 6.05. The molecule has 0 fully saturated rings. The quantitative estimate of drug-likeness (QED) is 0.350. The average molecular weight is 401 g/mol. The van der Waals surface area contributed by atoms with E-state index in [4.69, 9.17) is 4.42 Å². The van der Waals surface area contributed by atoms with Crippen LogP contribution in [0.3, 0.4) is 0 Å². The molecule has 7 nitrogen and oxygen atoms in total. The number of benzene rings is 3. The second kappa shape index (κ2) is 7.79. The van der Waals surface area contributed by atoms with Crippen LogP contribution in [0, 0.1) is 17.0 Å². The number of nitrogens with zero attached hydrogens (tertiary/aromatic N) is 2. The van der Waals surface area contributed by atoms with E-state index < -0.39 is 10.8 Å². The fourth-order valence-electron chi connectivity index (χ4n) is 3.28. The standard InChI is InChI=1S/C23H19N3O4/c1-3-15-7-12-21-19(13-15)25-23(30-21)16-8-10-17(11-9-16)24-22(27)18-5-4-6-20(14(18)2)26(28)29/h4-13H,3H2,1-2H3,(H,24,27). The number of nitrogens with one attached hydrogen (secondary N) is 1. The summed E-state index contributed by atoms with van der Waals surface area (Å²) in [5.74, 6) is 0.101. The smallest absolute Gasteiger partial charge is 0.273 e. The van der Waals surface area contributed by atoms with Crippen molar-refractivity contribution in [1.82, 2.24) is 4.98 Å². The molecule has 0 aliphatic carbocycles. The van der Waals surface area contributed by atoms with Crippen molar-refractivity contribution < 1.29 is 14.1 Å². The predicted molar refractivity (Wildman–Crippen MR) is 115 cm³/mol. The summed E-state index contributed by atoms with van der Waals surface area (Å²) >= 11 is 0. The Morgan fingerprint density at radius 3 is 2.60 bits per heavy atom. The molecule has 0 unspecified atom stereocenters. The van der Waals surface area contributed by atoms with Crippen molar-refractivity contribution in [3.63, 3.8) is 0 Å². The van der Waals surface area contributed by atoms with Gasteiger partial charge in [-0.05, 0) is 61.4 Å². The van der Waals surface area contributed by atoms with Gasteiger partial charge in [0.15, 0.2) is 5.58 Å². The van der Waals surface area contributed by atoms with E-state index in [1.165, 1.54) is 17.7 Å². The van der Waals surface area contributed by atoms with Gasteiger partial charge < -0.3 is 9.73 Å². The van der Waals surface area contributed by atoms with Gasteiger partial charge in [-0.1, -0.05) is 19.1 Å². The van der Waals surface area contributed by atoms with Gasteiger partial charge in [-0.25, -0.2) is 4.98 Å². The summed E-state index contributed by atoms with van der Waals surface area (Å²) in [4.78, 5) is 27.7. The third kappa shape index (κ3) is 3.65. The van der Waals surface area contributed by atoms with Crippen LogP contribution in [0.4, 0.5) is 11.4 Å². The minimum atomic E-state index is -0.495. The Hall–Kier alpha value is -4.00. The molecular formula is C23H19N3O4. The molecule has 0 radical (unpaired) electrons. The first kappa shape index (κ1) is 19.3. The van der Waals surface area contributed by atoms with E-state index in [0.717, 1.165) is 23.1 Å². The van der Waals surface area contributed by atoms with Crippen molar-refractivity contribution in [2.45, 2.75) is 20.3 Å². The van der Waals surface area contributed by atoms with Gasteiger partial charge in [0.2, 0.25) is 5.89 Å². The molecular weight excluding hydrogens is 382 g/mol. The highest BCUT2D eigenvalue weighted by atomic mass is 16.6. The number of amides is 1. The van der Waals surface area contributed by atoms with Crippen molar-refractivity contribution in [3.8, 4) is 11.5 Å². The fraction of sp³-hybridized carbons (Fsp3) is 0.130. The number of nitro groups is 1. The van der Waals surface area contributed by atoms with Gasteiger partial charge >= 0.3 is 0 Å². The molecule has 0 aliphatic rings. The molecule has 0 atom stereocenters. The third-order valence-electron chi connectivity index (χ3n) is 5.00. The zero-order chi connectivity index (χ0) is 21.3. The Bertz CT molecular complexity index is 1260.